The van der Waals surface area contributed by atoms with Crippen molar-refractivity contribution in [1.29, 1.82) is 0 Å². The lowest BCUT2D eigenvalue weighted by atomic mass is 9.97. The molecule has 2 heterocycles. The minimum absolute atomic E-state index is 0.180. The van der Waals surface area contributed by atoms with Crippen molar-refractivity contribution < 1.29 is 19.5 Å². The van der Waals surface area contributed by atoms with Gasteiger partial charge in [0.1, 0.15) is 12.1 Å². The van der Waals surface area contributed by atoms with Crippen LogP contribution in [-0.2, 0) is 9.59 Å². The molecular weight excluding hydrogens is 396 g/mol. The molecule has 0 radical (unpaired) electrons. The fourth-order valence-electron chi connectivity index (χ4n) is 3.12. The van der Waals surface area contributed by atoms with E-state index in [1.807, 2.05) is 29.7 Å². The largest absolute Gasteiger partial charge is 0.479 e. The molecule has 6 nitrogen and oxygen atoms in total. The summed E-state index contributed by atoms with van der Waals surface area (Å²) < 4.78 is 0. The van der Waals surface area contributed by atoms with E-state index >= 15 is 0 Å². The number of rotatable bonds is 8. The SMILES string of the molecule is O=C(N[C@@H](CC1CC=CS1)C(=O)N[C@@H](C(=O)O)C1=CCC=CC1)c1cccs1. The Bertz CT molecular complexity index is 806. The molecule has 148 valence electrons. The van der Waals surface area contributed by atoms with Gasteiger partial charge in [0.25, 0.3) is 5.91 Å². The van der Waals surface area contributed by atoms with Gasteiger partial charge < -0.3 is 15.7 Å². The quantitative estimate of drug-likeness (QED) is 0.564. The highest BCUT2D eigenvalue weighted by molar-refractivity contribution is 8.03. The zero-order valence-corrected chi connectivity index (χ0v) is 16.8. The average Bonchev–Trinajstić information content (AvgIpc) is 3.39. The van der Waals surface area contributed by atoms with E-state index in [2.05, 4.69) is 10.6 Å². The molecule has 0 aromatic carbocycles. The molecule has 1 unspecified atom stereocenters. The van der Waals surface area contributed by atoms with Crippen molar-refractivity contribution in [1.82, 2.24) is 10.6 Å². The zero-order valence-electron chi connectivity index (χ0n) is 15.2. The summed E-state index contributed by atoms with van der Waals surface area (Å²) in [6.45, 7) is 0. The van der Waals surface area contributed by atoms with Gasteiger partial charge in [-0.2, -0.15) is 0 Å². The summed E-state index contributed by atoms with van der Waals surface area (Å²) in [6.07, 6.45) is 10.1. The van der Waals surface area contributed by atoms with Crippen molar-refractivity contribution in [2.75, 3.05) is 0 Å². The maximum Gasteiger partial charge on any atom is 0.330 e. The van der Waals surface area contributed by atoms with E-state index in [1.165, 1.54) is 11.3 Å². The summed E-state index contributed by atoms with van der Waals surface area (Å²) in [5, 5.41) is 19.0. The maximum absolute atomic E-state index is 12.9. The van der Waals surface area contributed by atoms with E-state index in [0.717, 1.165) is 6.42 Å². The number of nitrogens with one attached hydrogen (secondary N) is 2. The van der Waals surface area contributed by atoms with Crippen molar-refractivity contribution in [3.05, 3.63) is 57.7 Å². The number of hydrogen-bond donors (Lipinski definition) is 3. The van der Waals surface area contributed by atoms with Crippen molar-refractivity contribution in [2.45, 2.75) is 43.0 Å². The number of hydrogen-bond acceptors (Lipinski definition) is 5. The van der Waals surface area contributed by atoms with Crippen LogP contribution in [0.2, 0.25) is 0 Å². The van der Waals surface area contributed by atoms with Gasteiger partial charge in [-0.1, -0.05) is 30.4 Å². The highest BCUT2D eigenvalue weighted by Gasteiger charge is 2.31. The first kappa shape index (κ1) is 20.4. The number of amides is 2. The van der Waals surface area contributed by atoms with Crippen LogP contribution in [0.3, 0.4) is 0 Å². The Morgan fingerprint density at radius 3 is 2.68 bits per heavy atom. The van der Waals surface area contributed by atoms with Crippen LogP contribution in [0.15, 0.2) is 52.8 Å². The Kier molecular flexibility index (Phi) is 7.11. The van der Waals surface area contributed by atoms with Crippen molar-refractivity contribution in [3.63, 3.8) is 0 Å². The Labute approximate surface area is 171 Å². The molecule has 0 saturated heterocycles. The lowest BCUT2D eigenvalue weighted by Gasteiger charge is -2.24. The second-order valence-corrected chi connectivity index (χ2v) is 8.73. The van der Waals surface area contributed by atoms with Crippen LogP contribution >= 0.6 is 23.1 Å². The van der Waals surface area contributed by atoms with Gasteiger partial charge in [-0.05, 0) is 48.1 Å². The summed E-state index contributed by atoms with van der Waals surface area (Å²) in [4.78, 5) is 37.7. The highest BCUT2D eigenvalue weighted by atomic mass is 32.2. The summed E-state index contributed by atoms with van der Waals surface area (Å²) in [5.74, 6) is -1.90. The normalized spacial score (nSPS) is 20.3. The van der Waals surface area contributed by atoms with Crippen molar-refractivity contribution in [2.24, 2.45) is 0 Å². The predicted molar refractivity (Wildman–Crippen MR) is 111 cm³/mol. The van der Waals surface area contributed by atoms with Gasteiger partial charge in [0.15, 0.2) is 0 Å². The van der Waals surface area contributed by atoms with E-state index in [4.69, 9.17) is 0 Å². The smallest absolute Gasteiger partial charge is 0.330 e. The zero-order chi connectivity index (χ0) is 19.9. The summed E-state index contributed by atoms with van der Waals surface area (Å²) >= 11 is 2.92. The number of carboxylic acids is 1. The van der Waals surface area contributed by atoms with E-state index in [-0.39, 0.29) is 11.2 Å². The average molecular weight is 419 g/mol. The summed E-state index contributed by atoms with van der Waals surface area (Å²) in [6, 6.07) is 1.58. The third kappa shape index (κ3) is 5.36. The standard InChI is InChI=1S/C20H22N2O4S2/c23-18(22-17(20(25)26)13-6-2-1-3-7-13)15(12-14-8-4-10-27-14)21-19(24)16-9-5-11-28-16/h1-2,4-5,7,9-11,14-15,17H,3,6,8,12H2,(H,21,24)(H,22,23)(H,25,26)/t14?,15-,17+/m0/s1. The monoisotopic (exact) mass is 418 g/mol. The first-order valence-corrected chi connectivity index (χ1v) is 10.9. The Morgan fingerprint density at radius 2 is 2.07 bits per heavy atom. The Balaban J connectivity index is 1.71. The highest BCUT2D eigenvalue weighted by Crippen LogP contribution is 2.28. The molecule has 3 N–H and O–H groups in total. The molecule has 0 bridgehead atoms. The molecule has 0 spiro atoms. The van der Waals surface area contributed by atoms with Crippen LogP contribution in [0.25, 0.3) is 0 Å². The van der Waals surface area contributed by atoms with Gasteiger partial charge in [-0.25, -0.2) is 4.79 Å². The third-order valence-corrected chi connectivity index (χ3v) is 6.56. The molecule has 28 heavy (non-hydrogen) atoms. The fourth-order valence-corrected chi connectivity index (χ4v) is 4.72. The molecule has 2 aliphatic rings. The van der Waals surface area contributed by atoms with Crippen LogP contribution in [-0.4, -0.2) is 40.2 Å². The third-order valence-electron chi connectivity index (χ3n) is 4.57. The van der Waals surface area contributed by atoms with Crippen molar-refractivity contribution in [3.8, 4) is 0 Å². The number of allylic oxidation sites excluding steroid dienone is 4. The Morgan fingerprint density at radius 1 is 1.21 bits per heavy atom. The first-order valence-electron chi connectivity index (χ1n) is 9.06. The molecule has 8 heteroatoms. The minimum atomic E-state index is -1.10. The van der Waals surface area contributed by atoms with E-state index < -0.39 is 24.0 Å². The van der Waals surface area contributed by atoms with Gasteiger partial charge in [-0.15, -0.1) is 23.1 Å². The molecule has 0 saturated carbocycles. The second-order valence-electron chi connectivity index (χ2n) is 6.57. The number of thioether (sulfide) groups is 1. The van der Waals surface area contributed by atoms with Crippen molar-refractivity contribution >= 4 is 40.9 Å². The Hall–Kier alpha value is -2.32. The topological polar surface area (TPSA) is 95.5 Å². The van der Waals surface area contributed by atoms with E-state index in [9.17, 15) is 19.5 Å². The van der Waals surface area contributed by atoms with Crippen LogP contribution < -0.4 is 10.6 Å². The molecule has 1 aliphatic carbocycles. The number of thiophene rings is 1. The molecule has 3 atom stereocenters. The summed E-state index contributed by atoms with van der Waals surface area (Å²) in [5.41, 5.74) is 0.656. The van der Waals surface area contributed by atoms with Gasteiger partial charge in [0, 0.05) is 5.25 Å². The first-order chi connectivity index (χ1) is 13.5. The molecule has 1 aromatic rings. The van der Waals surface area contributed by atoms with Gasteiger partial charge in [0.2, 0.25) is 5.91 Å². The van der Waals surface area contributed by atoms with Gasteiger partial charge in [0.05, 0.1) is 4.88 Å². The fraction of sp³-hybridized carbons (Fsp3) is 0.350. The number of carboxylic acid groups (broad SMARTS) is 1. The lowest BCUT2D eigenvalue weighted by Crippen LogP contribution is -2.52. The predicted octanol–water partition coefficient (Wildman–Crippen LogP) is 3.10. The molecule has 0 fully saturated rings. The molecule has 3 rings (SSSR count). The minimum Gasteiger partial charge on any atom is -0.479 e. The number of aliphatic carboxylic acids is 1. The van der Waals surface area contributed by atoms with E-state index in [0.29, 0.717) is 29.7 Å². The van der Waals surface area contributed by atoms with Gasteiger partial charge in [-0.3, -0.25) is 9.59 Å². The van der Waals surface area contributed by atoms with Crippen LogP contribution in [0.5, 0.6) is 0 Å². The molecule has 1 aromatic heterocycles. The summed E-state index contributed by atoms with van der Waals surface area (Å²) in [7, 11) is 0. The lowest BCUT2D eigenvalue weighted by molar-refractivity contribution is -0.141. The van der Waals surface area contributed by atoms with Gasteiger partial charge >= 0.3 is 5.97 Å². The van der Waals surface area contributed by atoms with E-state index in [1.54, 1.807) is 29.3 Å². The number of carbonyl (C=O) groups excluding carboxylic acids is 2. The van der Waals surface area contributed by atoms with Crippen LogP contribution in [0, 0.1) is 0 Å². The molecular formula is C20H22N2O4S2. The second kappa shape index (κ2) is 9.75. The molecule has 2 amide bonds. The van der Waals surface area contributed by atoms with Crippen LogP contribution in [0.4, 0.5) is 0 Å². The maximum atomic E-state index is 12.9. The number of carbonyl (C=O) groups is 3. The molecule has 1 aliphatic heterocycles. The van der Waals surface area contributed by atoms with Crippen LogP contribution in [0.1, 0.15) is 35.4 Å².